The molecule has 0 saturated carbocycles. The first-order valence-corrected chi connectivity index (χ1v) is 34.1. The van der Waals surface area contributed by atoms with Gasteiger partial charge in [-0.05, 0) is 44.9 Å². The van der Waals surface area contributed by atoms with Crippen molar-refractivity contribution in [1.29, 1.82) is 0 Å². The van der Waals surface area contributed by atoms with E-state index in [1.165, 1.54) is 218 Å². The predicted octanol–water partition coefficient (Wildman–Crippen LogP) is 13.2. The summed E-state index contributed by atoms with van der Waals surface area (Å²) in [5.74, 6) is -0.203. The van der Waals surface area contributed by atoms with Gasteiger partial charge in [0.2, 0.25) is 5.91 Å². The number of aliphatic hydroxyl groups excluding tert-OH is 8. The van der Waals surface area contributed by atoms with Gasteiger partial charge in [-0.25, -0.2) is 0 Å². The van der Waals surface area contributed by atoms with Gasteiger partial charge in [-0.3, -0.25) is 4.79 Å². The predicted molar refractivity (Wildman–Crippen MR) is 328 cm³/mol. The molecule has 0 aromatic heterocycles. The minimum Gasteiger partial charge on any atom is -0.394 e. The maximum Gasteiger partial charge on any atom is 0.220 e. The van der Waals surface area contributed by atoms with Crippen LogP contribution in [0.4, 0.5) is 0 Å². The lowest BCUT2D eigenvalue weighted by atomic mass is 9.97. The highest BCUT2D eigenvalue weighted by Crippen LogP contribution is 2.30. The molecule has 0 spiro atoms. The zero-order chi connectivity index (χ0) is 58.8. The lowest BCUT2D eigenvalue weighted by Gasteiger charge is -2.46. The monoisotopic (exact) mass is 1150 g/mol. The van der Waals surface area contributed by atoms with Gasteiger partial charge in [-0.2, -0.15) is 0 Å². The molecule has 0 aliphatic carbocycles. The molecule has 478 valence electrons. The van der Waals surface area contributed by atoms with Crippen LogP contribution in [0.15, 0.2) is 24.3 Å². The van der Waals surface area contributed by atoms with E-state index in [-0.39, 0.29) is 12.5 Å². The van der Waals surface area contributed by atoms with Crippen molar-refractivity contribution in [2.45, 2.75) is 376 Å². The van der Waals surface area contributed by atoms with Crippen molar-refractivity contribution < 1.29 is 64.6 Å². The number of allylic oxidation sites excluding steroid dienone is 4. The quantitative estimate of drug-likeness (QED) is 0.0204. The first kappa shape index (κ1) is 75.6. The summed E-state index contributed by atoms with van der Waals surface area (Å²) >= 11 is 0. The summed E-state index contributed by atoms with van der Waals surface area (Å²) in [6, 6.07) is -0.824. The van der Waals surface area contributed by atoms with E-state index in [0.29, 0.717) is 12.8 Å². The highest BCUT2D eigenvalue weighted by atomic mass is 16.7. The molecule has 2 fully saturated rings. The average Bonchev–Trinajstić information content (AvgIpc) is 3.51. The number of hydrogen-bond acceptors (Lipinski definition) is 13. The maximum atomic E-state index is 13.3. The van der Waals surface area contributed by atoms with Crippen LogP contribution in [0.1, 0.15) is 303 Å². The molecule has 12 unspecified atom stereocenters. The van der Waals surface area contributed by atoms with Crippen LogP contribution in [0.3, 0.4) is 0 Å². The van der Waals surface area contributed by atoms with Crippen molar-refractivity contribution in [3.05, 3.63) is 24.3 Å². The summed E-state index contributed by atoms with van der Waals surface area (Å²) in [6.45, 7) is 2.85. The molecule has 2 aliphatic heterocycles. The number of ether oxygens (including phenoxy) is 4. The van der Waals surface area contributed by atoms with E-state index >= 15 is 0 Å². The second kappa shape index (κ2) is 52.8. The fraction of sp³-hybridized carbons (Fsp3) is 0.925. The molecule has 1 amide bonds. The molecule has 14 heteroatoms. The van der Waals surface area contributed by atoms with Crippen LogP contribution in [-0.2, 0) is 23.7 Å². The summed E-state index contributed by atoms with van der Waals surface area (Å²) in [4.78, 5) is 13.3. The topological polar surface area (TPSA) is 228 Å². The number of nitrogens with one attached hydrogen (secondary N) is 1. The van der Waals surface area contributed by atoms with Gasteiger partial charge in [-0.15, -0.1) is 0 Å². The Hall–Kier alpha value is -1.53. The molecule has 12 atom stereocenters. The normalized spacial score (nSPS) is 24.2. The first-order chi connectivity index (χ1) is 39.6. The molecular formula is C67H127NO13. The Morgan fingerprint density at radius 3 is 1.23 bits per heavy atom. The molecule has 0 aromatic carbocycles. The summed E-state index contributed by atoms with van der Waals surface area (Å²) in [5, 5.41) is 87.2. The number of unbranched alkanes of at least 4 members (excludes halogenated alkanes) is 39. The average molecular weight is 1150 g/mol. The van der Waals surface area contributed by atoms with E-state index in [9.17, 15) is 45.6 Å². The summed E-state index contributed by atoms with van der Waals surface area (Å²) in [5.41, 5.74) is 0. The summed E-state index contributed by atoms with van der Waals surface area (Å²) < 4.78 is 22.8. The summed E-state index contributed by atoms with van der Waals surface area (Å²) in [6.07, 6.45) is 48.1. The van der Waals surface area contributed by atoms with E-state index in [2.05, 4.69) is 43.5 Å². The van der Waals surface area contributed by atoms with Crippen LogP contribution in [0.5, 0.6) is 0 Å². The SMILES string of the molecule is CCCCCCC/C=C\C/C=C\CCCCCCCCCCCCCCCCCCCCCCCCCCCC(=O)NC(COC1OC(CO)C(OC2OC(CO)C(O)C(O)C2O)C(O)C1O)C(O)CCCCCCCCCCCC. The molecule has 0 bridgehead atoms. The largest absolute Gasteiger partial charge is 0.394 e. The Labute approximate surface area is 494 Å². The van der Waals surface area contributed by atoms with Gasteiger partial charge in [0.25, 0.3) is 0 Å². The minimum atomic E-state index is -1.78. The maximum absolute atomic E-state index is 13.3. The molecule has 0 aromatic rings. The molecule has 2 saturated heterocycles. The highest BCUT2D eigenvalue weighted by molar-refractivity contribution is 5.76. The van der Waals surface area contributed by atoms with Gasteiger partial charge in [-0.1, -0.05) is 276 Å². The Bertz CT molecular complexity index is 1450. The van der Waals surface area contributed by atoms with E-state index in [1.807, 2.05) is 0 Å². The van der Waals surface area contributed by atoms with E-state index in [0.717, 1.165) is 57.8 Å². The van der Waals surface area contributed by atoms with Gasteiger partial charge in [0.05, 0.1) is 32.0 Å². The molecule has 2 heterocycles. The molecule has 2 aliphatic rings. The fourth-order valence-electron chi connectivity index (χ4n) is 11.4. The van der Waals surface area contributed by atoms with Crippen LogP contribution in [0.2, 0.25) is 0 Å². The van der Waals surface area contributed by atoms with Crippen molar-refractivity contribution in [3.63, 3.8) is 0 Å². The van der Waals surface area contributed by atoms with Crippen LogP contribution in [0, 0.1) is 0 Å². The Kier molecular flexibility index (Phi) is 49.2. The second-order valence-corrected chi connectivity index (χ2v) is 24.3. The van der Waals surface area contributed by atoms with Crippen LogP contribution < -0.4 is 5.32 Å². The zero-order valence-corrected chi connectivity index (χ0v) is 51.8. The third kappa shape index (κ3) is 37.6. The van der Waals surface area contributed by atoms with Crippen LogP contribution in [-0.4, -0.2) is 140 Å². The third-order valence-corrected chi connectivity index (χ3v) is 16.9. The van der Waals surface area contributed by atoms with E-state index in [1.54, 1.807) is 0 Å². The lowest BCUT2D eigenvalue weighted by molar-refractivity contribution is -0.359. The van der Waals surface area contributed by atoms with Crippen molar-refractivity contribution in [2.24, 2.45) is 0 Å². The van der Waals surface area contributed by atoms with Gasteiger partial charge in [0, 0.05) is 6.42 Å². The summed E-state index contributed by atoms with van der Waals surface area (Å²) in [7, 11) is 0. The van der Waals surface area contributed by atoms with Gasteiger partial charge in [0.15, 0.2) is 12.6 Å². The Morgan fingerprint density at radius 2 is 0.815 bits per heavy atom. The van der Waals surface area contributed by atoms with E-state index < -0.39 is 86.8 Å². The third-order valence-electron chi connectivity index (χ3n) is 16.9. The standard InChI is InChI=1S/C67H127NO13/c1-3-5-7-9-11-13-15-16-17-18-19-20-21-22-23-24-25-26-27-28-29-30-31-32-33-34-35-36-37-38-39-40-41-43-45-47-49-51-59(72)68-55(56(71)50-48-46-44-42-14-12-10-8-6-4-2)54-78-66-64(77)62(75)65(58(53-70)80-66)81-67-63(76)61(74)60(73)57(52-69)79-67/h15-16,18-19,55-58,60-67,69-71,73-77H,3-14,17,20-54H2,1-2H3,(H,68,72)/b16-15-,19-18-. The van der Waals surface area contributed by atoms with Crippen LogP contribution in [0.25, 0.3) is 0 Å². The van der Waals surface area contributed by atoms with Gasteiger partial charge in [0.1, 0.15) is 48.8 Å². The van der Waals surface area contributed by atoms with Crippen molar-refractivity contribution in [3.8, 4) is 0 Å². The fourth-order valence-corrected chi connectivity index (χ4v) is 11.4. The molecule has 9 N–H and O–H groups in total. The zero-order valence-electron chi connectivity index (χ0n) is 51.8. The Morgan fingerprint density at radius 1 is 0.444 bits per heavy atom. The number of rotatable bonds is 56. The first-order valence-electron chi connectivity index (χ1n) is 34.1. The minimum absolute atomic E-state index is 0.203. The molecule has 2 rings (SSSR count). The second-order valence-electron chi connectivity index (χ2n) is 24.3. The van der Waals surface area contributed by atoms with Gasteiger partial charge >= 0.3 is 0 Å². The lowest BCUT2D eigenvalue weighted by Crippen LogP contribution is -2.65. The number of carbonyl (C=O) groups excluding carboxylic acids is 1. The molecule has 81 heavy (non-hydrogen) atoms. The number of carbonyl (C=O) groups is 1. The molecular weight excluding hydrogens is 1030 g/mol. The van der Waals surface area contributed by atoms with Crippen LogP contribution >= 0.6 is 0 Å². The number of aliphatic hydroxyl groups is 8. The molecule has 0 radical (unpaired) electrons. The van der Waals surface area contributed by atoms with E-state index in [4.69, 9.17) is 18.9 Å². The number of hydrogen-bond donors (Lipinski definition) is 9. The Balaban J connectivity index is 1.53. The van der Waals surface area contributed by atoms with Crippen molar-refractivity contribution >= 4 is 5.91 Å². The van der Waals surface area contributed by atoms with Gasteiger partial charge < -0.3 is 65.1 Å². The number of amides is 1. The highest BCUT2D eigenvalue weighted by Gasteiger charge is 2.51. The van der Waals surface area contributed by atoms with Crippen molar-refractivity contribution in [1.82, 2.24) is 5.32 Å². The molecule has 14 nitrogen and oxygen atoms in total. The van der Waals surface area contributed by atoms with Crippen molar-refractivity contribution in [2.75, 3.05) is 19.8 Å². The smallest absolute Gasteiger partial charge is 0.220 e.